The van der Waals surface area contributed by atoms with Crippen LogP contribution in [0.2, 0.25) is 5.02 Å². The van der Waals surface area contributed by atoms with Crippen LogP contribution < -0.4 is 9.62 Å². The molecule has 0 saturated heterocycles. The predicted molar refractivity (Wildman–Crippen MR) is 137 cm³/mol. The van der Waals surface area contributed by atoms with E-state index in [2.05, 4.69) is 5.32 Å². The summed E-state index contributed by atoms with van der Waals surface area (Å²) in [7, 11) is -3.60. The van der Waals surface area contributed by atoms with Crippen molar-refractivity contribution >= 4 is 39.1 Å². The summed E-state index contributed by atoms with van der Waals surface area (Å²) in [4.78, 5) is 27.4. The molecule has 0 bridgehead atoms. The van der Waals surface area contributed by atoms with Crippen molar-refractivity contribution in [3.8, 4) is 0 Å². The Morgan fingerprint density at radius 3 is 2.34 bits per heavy atom. The van der Waals surface area contributed by atoms with Crippen LogP contribution in [0, 0.1) is 5.82 Å². The van der Waals surface area contributed by atoms with Gasteiger partial charge in [-0.15, -0.1) is 0 Å². The predicted octanol–water partition coefficient (Wildman–Crippen LogP) is 4.36. The molecule has 10 heteroatoms. The summed E-state index contributed by atoms with van der Waals surface area (Å²) < 4.78 is 39.3. The summed E-state index contributed by atoms with van der Waals surface area (Å²) in [6, 6.07) is 11.4. The Bertz CT molecular complexity index is 1110. The first kappa shape index (κ1) is 28.6. The van der Waals surface area contributed by atoms with Crippen LogP contribution in [0.15, 0.2) is 48.5 Å². The Kier molecular flexibility index (Phi) is 10.5. The second-order valence-electron chi connectivity index (χ2n) is 8.56. The van der Waals surface area contributed by atoms with E-state index in [1.165, 1.54) is 21.3 Å². The highest BCUT2D eigenvalue weighted by Crippen LogP contribution is 2.22. The number of halogens is 2. The molecule has 0 aliphatic carbocycles. The molecule has 0 spiro atoms. The maximum absolute atomic E-state index is 13.3. The Balaban J connectivity index is 2.16. The largest absolute Gasteiger partial charge is 0.352 e. The lowest BCUT2D eigenvalue weighted by atomic mass is 10.1. The van der Waals surface area contributed by atoms with E-state index in [0.717, 1.165) is 12.7 Å². The summed E-state index contributed by atoms with van der Waals surface area (Å²) in [6.45, 7) is 5.67. The van der Waals surface area contributed by atoms with Gasteiger partial charge in [0.05, 0.1) is 11.9 Å². The highest BCUT2D eigenvalue weighted by Gasteiger charge is 2.27. The van der Waals surface area contributed by atoms with Crippen molar-refractivity contribution in [2.45, 2.75) is 58.7 Å². The summed E-state index contributed by atoms with van der Waals surface area (Å²) in [5.41, 5.74) is 1.09. The van der Waals surface area contributed by atoms with Crippen molar-refractivity contribution in [3.05, 3.63) is 64.9 Å². The molecular weight excluding hydrogens is 493 g/mol. The maximum Gasteiger partial charge on any atom is 0.242 e. The van der Waals surface area contributed by atoms with Gasteiger partial charge in [-0.05, 0) is 62.6 Å². The van der Waals surface area contributed by atoms with Gasteiger partial charge in [0, 0.05) is 30.6 Å². The van der Waals surface area contributed by atoms with Crippen LogP contribution >= 0.6 is 11.6 Å². The Labute approximate surface area is 212 Å². The van der Waals surface area contributed by atoms with Gasteiger partial charge in [-0.25, -0.2) is 12.8 Å². The van der Waals surface area contributed by atoms with Crippen molar-refractivity contribution in [2.75, 3.05) is 17.1 Å². The zero-order valence-corrected chi connectivity index (χ0v) is 22.1. The average molecular weight is 526 g/mol. The van der Waals surface area contributed by atoms with Gasteiger partial charge < -0.3 is 10.2 Å². The van der Waals surface area contributed by atoms with Gasteiger partial charge in [-0.2, -0.15) is 0 Å². The van der Waals surface area contributed by atoms with Gasteiger partial charge in [0.1, 0.15) is 11.9 Å². The number of hydrogen-bond acceptors (Lipinski definition) is 4. The van der Waals surface area contributed by atoms with Gasteiger partial charge >= 0.3 is 0 Å². The molecule has 0 fully saturated rings. The number of anilines is 1. The highest BCUT2D eigenvalue weighted by molar-refractivity contribution is 7.92. The number of benzene rings is 2. The molecule has 7 nitrogen and oxygen atoms in total. The van der Waals surface area contributed by atoms with Crippen molar-refractivity contribution in [1.29, 1.82) is 0 Å². The fourth-order valence-corrected chi connectivity index (χ4v) is 4.61. The number of nitrogens with one attached hydrogen (secondary N) is 1. The molecular formula is C25H33ClFN3O4S. The zero-order valence-electron chi connectivity index (χ0n) is 20.5. The average Bonchev–Trinajstić information content (AvgIpc) is 2.79. The third kappa shape index (κ3) is 8.81. The topological polar surface area (TPSA) is 86.8 Å². The molecule has 0 heterocycles. The Morgan fingerprint density at radius 2 is 1.77 bits per heavy atom. The van der Waals surface area contributed by atoms with Gasteiger partial charge in [-0.1, -0.05) is 36.7 Å². The van der Waals surface area contributed by atoms with Crippen molar-refractivity contribution < 1.29 is 22.4 Å². The van der Waals surface area contributed by atoms with E-state index in [0.29, 0.717) is 16.3 Å². The molecule has 2 amide bonds. The molecule has 0 saturated carbocycles. The molecule has 2 aromatic rings. The standard InChI is InChI=1S/C25H33ClFN3O4S/c1-5-18(2)28-25(32)19(3)29(17-20-11-13-22(27)14-12-20)24(31)10-7-15-30(35(4,33)34)23-9-6-8-21(26)16-23/h6,8-9,11-14,16,18-19H,5,7,10,15,17H2,1-4H3,(H,28,32). The first-order valence-electron chi connectivity index (χ1n) is 11.5. The van der Waals surface area contributed by atoms with Crippen LogP contribution in [0.5, 0.6) is 0 Å². The summed E-state index contributed by atoms with van der Waals surface area (Å²) in [6.07, 6.45) is 2.10. The van der Waals surface area contributed by atoms with E-state index < -0.39 is 21.9 Å². The number of carbonyl (C=O) groups is 2. The van der Waals surface area contributed by atoms with E-state index in [9.17, 15) is 22.4 Å². The minimum atomic E-state index is -3.60. The van der Waals surface area contributed by atoms with Gasteiger partial charge in [0.25, 0.3) is 0 Å². The third-order valence-electron chi connectivity index (χ3n) is 5.68. The Morgan fingerprint density at radius 1 is 1.11 bits per heavy atom. The molecule has 0 aliphatic rings. The second-order valence-corrected chi connectivity index (χ2v) is 10.9. The second kappa shape index (κ2) is 12.9. The van der Waals surface area contributed by atoms with Crippen LogP contribution in [0.1, 0.15) is 45.6 Å². The fraction of sp³-hybridized carbons (Fsp3) is 0.440. The van der Waals surface area contributed by atoms with E-state index >= 15 is 0 Å². The SMILES string of the molecule is CCC(C)NC(=O)C(C)N(Cc1ccc(F)cc1)C(=O)CCCN(c1cccc(Cl)c1)S(C)(=O)=O. The highest BCUT2D eigenvalue weighted by atomic mass is 35.5. The van der Waals surface area contributed by atoms with E-state index in [1.807, 2.05) is 13.8 Å². The number of sulfonamides is 1. The van der Waals surface area contributed by atoms with Crippen molar-refractivity contribution in [3.63, 3.8) is 0 Å². The molecule has 2 aromatic carbocycles. The molecule has 192 valence electrons. The zero-order chi connectivity index (χ0) is 26.2. The number of rotatable bonds is 12. The lowest BCUT2D eigenvalue weighted by Crippen LogP contribution is -2.49. The van der Waals surface area contributed by atoms with Crippen LogP contribution in [0.3, 0.4) is 0 Å². The Hall–Kier alpha value is -2.65. The molecule has 0 aliphatic heterocycles. The van der Waals surface area contributed by atoms with Crippen LogP contribution in [-0.4, -0.2) is 50.0 Å². The monoisotopic (exact) mass is 525 g/mol. The third-order valence-corrected chi connectivity index (χ3v) is 7.11. The molecule has 0 aromatic heterocycles. The number of amides is 2. The first-order valence-corrected chi connectivity index (χ1v) is 13.7. The van der Waals surface area contributed by atoms with E-state index in [1.54, 1.807) is 43.3 Å². The van der Waals surface area contributed by atoms with Crippen LogP contribution in [0.4, 0.5) is 10.1 Å². The normalized spacial score (nSPS) is 13.1. The molecule has 0 radical (unpaired) electrons. The quantitative estimate of drug-likeness (QED) is 0.446. The molecule has 35 heavy (non-hydrogen) atoms. The lowest BCUT2D eigenvalue weighted by Gasteiger charge is -2.30. The molecule has 2 rings (SSSR count). The minimum Gasteiger partial charge on any atom is -0.352 e. The fourth-order valence-electron chi connectivity index (χ4n) is 3.47. The van der Waals surface area contributed by atoms with Crippen molar-refractivity contribution in [1.82, 2.24) is 10.2 Å². The lowest BCUT2D eigenvalue weighted by molar-refractivity contribution is -0.140. The summed E-state index contributed by atoms with van der Waals surface area (Å²) >= 11 is 6.02. The number of nitrogens with zero attached hydrogens (tertiary/aromatic N) is 2. The van der Waals surface area contributed by atoms with Gasteiger partial charge in [0.2, 0.25) is 21.8 Å². The number of carbonyl (C=O) groups excluding carboxylic acids is 2. The van der Waals surface area contributed by atoms with E-state index in [-0.39, 0.29) is 43.8 Å². The summed E-state index contributed by atoms with van der Waals surface area (Å²) in [5, 5.41) is 3.29. The van der Waals surface area contributed by atoms with Crippen LogP contribution in [0.25, 0.3) is 0 Å². The van der Waals surface area contributed by atoms with Gasteiger partial charge in [0.15, 0.2) is 0 Å². The number of hydrogen-bond donors (Lipinski definition) is 1. The minimum absolute atomic E-state index is 0.0226. The molecule has 2 atom stereocenters. The van der Waals surface area contributed by atoms with Crippen molar-refractivity contribution in [2.24, 2.45) is 0 Å². The summed E-state index contributed by atoms with van der Waals surface area (Å²) in [5.74, 6) is -0.983. The smallest absolute Gasteiger partial charge is 0.242 e. The van der Waals surface area contributed by atoms with Crippen LogP contribution in [-0.2, 0) is 26.2 Å². The first-order chi connectivity index (χ1) is 16.4. The molecule has 2 unspecified atom stereocenters. The maximum atomic E-state index is 13.3. The van der Waals surface area contributed by atoms with E-state index in [4.69, 9.17) is 11.6 Å². The van der Waals surface area contributed by atoms with Gasteiger partial charge in [-0.3, -0.25) is 13.9 Å². The molecule has 1 N–H and O–H groups in total.